The molecule has 76 valence electrons. The highest BCUT2D eigenvalue weighted by molar-refractivity contribution is 5.71. The van der Waals surface area contributed by atoms with Crippen LogP contribution < -0.4 is 0 Å². The molecule has 0 fully saturated rings. The van der Waals surface area contributed by atoms with Crippen molar-refractivity contribution in [3.05, 3.63) is 48.3 Å². The minimum absolute atomic E-state index is 0.367. The summed E-state index contributed by atoms with van der Waals surface area (Å²) in [6.45, 7) is 0. The van der Waals surface area contributed by atoms with Crippen LogP contribution in [0.1, 0.15) is 0 Å². The van der Waals surface area contributed by atoms with Gasteiger partial charge in [0.2, 0.25) is 5.82 Å². The Morgan fingerprint density at radius 1 is 0.867 bits per heavy atom. The van der Waals surface area contributed by atoms with Crippen molar-refractivity contribution in [2.24, 2.45) is 0 Å². The van der Waals surface area contributed by atoms with Gasteiger partial charge in [-0.25, -0.2) is 0 Å². The molecule has 2 aromatic carbocycles. The second-order valence-corrected chi connectivity index (χ2v) is 3.16. The molecule has 2 aromatic rings. The Morgan fingerprint density at radius 2 is 1.53 bits per heavy atom. The molecule has 15 heavy (non-hydrogen) atoms. The number of hydrogen-bond acceptors (Lipinski definition) is 2. The lowest BCUT2D eigenvalue weighted by atomic mass is 10.0. The molecule has 0 bridgehead atoms. The average Bonchev–Trinajstić information content (AvgIpc) is 2.27. The lowest BCUT2D eigenvalue weighted by molar-refractivity contribution is 0.390. The van der Waals surface area contributed by atoms with E-state index < -0.39 is 17.3 Å². The minimum Gasteiger partial charge on any atom is -0.505 e. The van der Waals surface area contributed by atoms with E-state index in [1.807, 2.05) is 6.07 Å². The zero-order chi connectivity index (χ0) is 10.8. The number of aromatic hydroxyl groups is 2. The van der Waals surface area contributed by atoms with E-state index in [0.29, 0.717) is 11.1 Å². The van der Waals surface area contributed by atoms with Crippen molar-refractivity contribution in [3.63, 3.8) is 0 Å². The molecular weight excluding hydrogens is 195 g/mol. The van der Waals surface area contributed by atoms with Crippen molar-refractivity contribution < 1.29 is 14.6 Å². The van der Waals surface area contributed by atoms with Gasteiger partial charge in [-0.15, -0.1) is 0 Å². The van der Waals surface area contributed by atoms with Gasteiger partial charge in [0.1, 0.15) is 0 Å². The molecule has 0 aliphatic carbocycles. The molecule has 0 saturated carbocycles. The molecule has 2 N–H and O–H groups in total. The second-order valence-electron chi connectivity index (χ2n) is 3.16. The molecule has 3 heteroatoms. The third-order valence-corrected chi connectivity index (χ3v) is 2.18. The van der Waals surface area contributed by atoms with Crippen LogP contribution in [0.2, 0.25) is 0 Å². The van der Waals surface area contributed by atoms with Crippen molar-refractivity contribution in [1.29, 1.82) is 0 Å². The van der Waals surface area contributed by atoms with Crippen molar-refractivity contribution in [1.82, 2.24) is 0 Å². The summed E-state index contributed by atoms with van der Waals surface area (Å²) >= 11 is 0. The van der Waals surface area contributed by atoms with Crippen molar-refractivity contribution in [2.75, 3.05) is 0 Å². The number of phenols is 2. The first-order chi connectivity index (χ1) is 7.20. The zero-order valence-corrected chi connectivity index (χ0v) is 7.81. The highest BCUT2D eigenvalue weighted by Gasteiger charge is 2.12. The smallest absolute Gasteiger partial charge is 0.206 e. The van der Waals surface area contributed by atoms with Gasteiger partial charge in [-0.3, -0.25) is 0 Å². The zero-order valence-electron chi connectivity index (χ0n) is 7.81. The number of hydrogen-bond donors (Lipinski definition) is 2. The van der Waals surface area contributed by atoms with Gasteiger partial charge in [0, 0.05) is 5.56 Å². The standard InChI is InChI=1S/C12H9FO2/c13-11-10(14)7-6-9(12(11)15)8-4-2-1-3-5-8/h1-7,14-15H. The summed E-state index contributed by atoms with van der Waals surface area (Å²) in [5, 5.41) is 18.5. The monoisotopic (exact) mass is 204 g/mol. The molecule has 2 nitrogen and oxygen atoms in total. The van der Waals surface area contributed by atoms with Crippen LogP contribution in [-0.4, -0.2) is 10.2 Å². The first-order valence-electron chi connectivity index (χ1n) is 4.46. The van der Waals surface area contributed by atoms with E-state index in [-0.39, 0.29) is 0 Å². The fraction of sp³-hybridized carbons (Fsp3) is 0. The predicted octanol–water partition coefficient (Wildman–Crippen LogP) is 2.90. The summed E-state index contributed by atoms with van der Waals surface area (Å²) in [5.74, 6) is -2.07. The van der Waals surface area contributed by atoms with Crippen LogP contribution in [-0.2, 0) is 0 Å². The molecule has 0 saturated heterocycles. The van der Waals surface area contributed by atoms with E-state index in [0.717, 1.165) is 0 Å². The molecule has 0 spiro atoms. The Hall–Kier alpha value is -2.03. The van der Waals surface area contributed by atoms with Gasteiger partial charge in [0.25, 0.3) is 0 Å². The molecule has 0 atom stereocenters. The predicted molar refractivity (Wildman–Crippen MR) is 55.2 cm³/mol. The first kappa shape index (κ1) is 9.52. The van der Waals surface area contributed by atoms with Crippen LogP contribution in [0.15, 0.2) is 42.5 Å². The fourth-order valence-electron chi connectivity index (χ4n) is 1.40. The quantitative estimate of drug-likeness (QED) is 0.749. The largest absolute Gasteiger partial charge is 0.505 e. The van der Waals surface area contributed by atoms with Crippen LogP contribution >= 0.6 is 0 Å². The van der Waals surface area contributed by atoms with E-state index >= 15 is 0 Å². The van der Waals surface area contributed by atoms with E-state index in [9.17, 15) is 9.50 Å². The van der Waals surface area contributed by atoms with Crippen LogP contribution in [0, 0.1) is 5.82 Å². The van der Waals surface area contributed by atoms with E-state index in [2.05, 4.69) is 0 Å². The molecule has 2 rings (SSSR count). The molecule has 0 radical (unpaired) electrons. The van der Waals surface area contributed by atoms with Gasteiger partial charge < -0.3 is 10.2 Å². The minimum atomic E-state index is -0.989. The molecule has 0 aliphatic rings. The van der Waals surface area contributed by atoms with Crippen LogP contribution in [0.3, 0.4) is 0 Å². The van der Waals surface area contributed by atoms with Crippen LogP contribution in [0.25, 0.3) is 11.1 Å². The van der Waals surface area contributed by atoms with Gasteiger partial charge in [-0.2, -0.15) is 4.39 Å². The highest BCUT2D eigenvalue weighted by atomic mass is 19.1. The summed E-state index contributed by atoms with van der Waals surface area (Å²) in [4.78, 5) is 0. The van der Waals surface area contributed by atoms with Crippen molar-refractivity contribution in [3.8, 4) is 22.6 Å². The Kier molecular flexibility index (Phi) is 2.29. The topological polar surface area (TPSA) is 40.5 Å². The van der Waals surface area contributed by atoms with Gasteiger partial charge in [-0.05, 0) is 17.7 Å². The summed E-state index contributed by atoms with van der Waals surface area (Å²) in [6.07, 6.45) is 0. The number of rotatable bonds is 1. The summed E-state index contributed by atoms with van der Waals surface area (Å²) < 4.78 is 13.2. The van der Waals surface area contributed by atoms with Gasteiger partial charge >= 0.3 is 0 Å². The number of benzene rings is 2. The normalized spacial score (nSPS) is 10.2. The molecule has 0 heterocycles. The first-order valence-corrected chi connectivity index (χ1v) is 4.46. The molecular formula is C12H9FO2. The Labute approximate surface area is 86.2 Å². The molecule has 0 unspecified atom stereocenters. The van der Waals surface area contributed by atoms with Crippen LogP contribution in [0.5, 0.6) is 11.5 Å². The maximum Gasteiger partial charge on any atom is 0.206 e. The SMILES string of the molecule is Oc1ccc(-c2ccccc2)c(O)c1F. The highest BCUT2D eigenvalue weighted by Crippen LogP contribution is 2.35. The van der Waals surface area contributed by atoms with Gasteiger partial charge in [-0.1, -0.05) is 30.3 Å². The van der Waals surface area contributed by atoms with E-state index in [1.165, 1.54) is 12.1 Å². The van der Waals surface area contributed by atoms with E-state index in [1.54, 1.807) is 24.3 Å². The number of halogens is 1. The summed E-state index contributed by atoms with van der Waals surface area (Å²) in [6, 6.07) is 11.6. The fourth-order valence-corrected chi connectivity index (χ4v) is 1.40. The van der Waals surface area contributed by atoms with Crippen LogP contribution in [0.4, 0.5) is 4.39 Å². The van der Waals surface area contributed by atoms with Gasteiger partial charge in [0.05, 0.1) is 0 Å². The lowest BCUT2D eigenvalue weighted by Crippen LogP contribution is -1.83. The second kappa shape index (κ2) is 3.61. The third kappa shape index (κ3) is 1.64. The maximum atomic E-state index is 13.2. The number of phenolic OH excluding ortho intramolecular Hbond substituents is 2. The Balaban J connectivity index is 2.60. The van der Waals surface area contributed by atoms with Crippen molar-refractivity contribution in [2.45, 2.75) is 0 Å². The lowest BCUT2D eigenvalue weighted by Gasteiger charge is -2.06. The maximum absolute atomic E-state index is 13.2. The Morgan fingerprint density at radius 3 is 2.20 bits per heavy atom. The third-order valence-electron chi connectivity index (χ3n) is 2.18. The molecule has 0 amide bonds. The van der Waals surface area contributed by atoms with E-state index in [4.69, 9.17) is 5.11 Å². The molecule has 0 aromatic heterocycles. The van der Waals surface area contributed by atoms with Crippen molar-refractivity contribution >= 4 is 0 Å². The summed E-state index contributed by atoms with van der Waals surface area (Å²) in [7, 11) is 0. The molecule has 0 aliphatic heterocycles. The Bertz CT molecular complexity index is 480. The van der Waals surface area contributed by atoms with Gasteiger partial charge in [0.15, 0.2) is 11.5 Å². The average molecular weight is 204 g/mol. The summed E-state index contributed by atoms with van der Waals surface area (Å²) in [5.41, 5.74) is 1.07.